The van der Waals surface area contributed by atoms with Crippen LogP contribution < -0.4 is 10.1 Å². The molecule has 8 heteroatoms. The van der Waals surface area contributed by atoms with Crippen LogP contribution in [0.25, 0.3) is 0 Å². The fourth-order valence-corrected chi connectivity index (χ4v) is 2.52. The Hall–Kier alpha value is -1.99. The van der Waals surface area contributed by atoms with Gasteiger partial charge in [0.05, 0.1) is 5.02 Å². The molecule has 1 N–H and O–H groups in total. The summed E-state index contributed by atoms with van der Waals surface area (Å²) in [5.41, 5.74) is 0.702. The van der Waals surface area contributed by atoms with E-state index in [1.807, 2.05) is 0 Å². The van der Waals surface area contributed by atoms with Crippen molar-refractivity contribution in [3.8, 4) is 5.75 Å². The van der Waals surface area contributed by atoms with Crippen LogP contribution in [0.2, 0.25) is 5.02 Å². The quantitative estimate of drug-likeness (QED) is 0.880. The molecule has 0 saturated carbocycles. The molecule has 0 aliphatic rings. The number of anilines is 1. The number of benzene rings is 2. The molecule has 23 heavy (non-hydrogen) atoms. The highest BCUT2D eigenvalue weighted by Gasteiger charge is 2.11. The van der Waals surface area contributed by atoms with Gasteiger partial charge in [0.2, 0.25) is 0 Å². The second kappa shape index (κ2) is 7.52. The molecule has 0 bridgehead atoms. The number of carbonyl (C=O) groups is 1. The number of hydrogen-bond acceptors (Lipinski definition) is 3. The Balaban J connectivity index is 2.10. The third kappa shape index (κ3) is 4.74. The van der Waals surface area contributed by atoms with Gasteiger partial charge in [-0.05, 0) is 42.5 Å². The van der Waals surface area contributed by atoms with Gasteiger partial charge in [0.25, 0.3) is 5.91 Å². The largest absolute Gasteiger partial charge is 0.433 e. The zero-order valence-corrected chi connectivity index (χ0v) is 13.5. The standard InChI is InChI=1S/C15H12ClF2NO3S/c1-23(21)11-5-2-9(3-6-11)14(20)19-10-4-7-13(12(16)8-10)22-15(17)18/h2-8,15H,1H3,(H,19,20). The Kier molecular flexibility index (Phi) is 5.68. The molecule has 4 nitrogen and oxygen atoms in total. The molecule has 0 radical (unpaired) electrons. The van der Waals surface area contributed by atoms with E-state index in [0.29, 0.717) is 16.1 Å². The molecule has 0 aromatic heterocycles. The van der Waals surface area contributed by atoms with Crippen LogP contribution >= 0.6 is 11.6 Å². The van der Waals surface area contributed by atoms with Crippen LogP contribution in [0.15, 0.2) is 47.4 Å². The van der Waals surface area contributed by atoms with Crippen LogP contribution in [0, 0.1) is 0 Å². The summed E-state index contributed by atoms with van der Waals surface area (Å²) in [6, 6.07) is 10.2. The van der Waals surface area contributed by atoms with E-state index < -0.39 is 23.3 Å². The van der Waals surface area contributed by atoms with Gasteiger partial charge < -0.3 is 10.1 Å². The molecule has 1 unspecified atom stereocenters. The third-order valence-corrected chi connectivity index (χ3v) is 4.09. The van der Waals surface area contributed by atoms with E-state index in [-0.39, 0.29) is 10.8 Å². The van der Waals surface area contributed by atoms with Gasteiger partial charge >= 0.3 is 6.61 Å². The Morgan fingerprint density at radius 2 is 1.87 bits per heavy atom. The lowest BCUT2D eigenvalue weighted by atomic mass is 10.2. The number of carbonyl (C=O) groups excluding carboxylic acids is 1. The molecule has 0 spiro atoms. The number of halogens is 3. The number of ether oxygens (including phenoxy) is 1. The van der Waals surface area contributed by atoms with E-state index in [0.717, 1.165) is 0 Å². The maximum absolute atomic E-state index is 12.1. The molecular weight excluding hydrogens is 348 g/mol. The maximum atomic E-state index is 12.1. The summed E-state index contributed by atoms with van der Waals surface area (Å²) in [5.74, 6) is -0.577. The molecule has 0 aliphatic heterocycles. The van der Waals surface area contributed by atoms with Crippen molar-refractivity contribution in [3.63, 3.8) is 0 Å². The summed E-state index contributed by atoms with van der Waals surface area (Å²) in [5, 5.41) is 2.54. The van der Waals surface area contributed by atoms with E-state index in [4.69, 9.17) is 11.6 Å². The van der Waals surface area contributed by atoms with Gasteiger partial charge in [-0.15, -0.1) is 0 Å². The molecule has 1 atom stereocenters. The van der Waals surface area contributed by atoms with E-state index >= 15 is 0 Å². The third-order valence-electron chi connectivity index (χ3n) is 2.85. The summed E-state index contributed by atoms with van der Waals surface area (Å²) < 4.78 is 39.8. The van der Waals surface area contributed by atoms with Crippen molar-refractivity contribution < 1.29 is 22.5 Å². The second-order valence-corrected chi connectivity index (χ2v) is 6.24. The zero-order chi connectivity index (χ0) is 17.0. The lowest BCUT2D eigenvalue weighted by molar-refractivity contribution is -0.0497. The van der Waals surface area contributed by atoms with Crippen LogP contribution in [0.4, 0.5) is 14.5 Å². The number of rotatable bonds is 5. The van der Waals surface area contributed by atoms with Crippen molar-refractivity contribution in [2.75, 3.05) is 11.6 Å². The average molecular weight is 360 g/mol. The highest BCUT2D eigenvalue weighted by atomic mass is 35.5. The molecule has 2 aromatic rings. The number of hydrogen-bond donors (Lipinski definition) is 1. The second-order valence-electron chi connectivity index (χ2n) is 4.46. The minimum atomic E-state index is -2.98. The van der Waals surface area contributed by atoms with Gasteiger partial charge in [-0.1, -0.05) is 11.6 Å². The highest BCUT2D eigenvalue weighted by molar-refractivity contribution is 7.84. The Labute approximate surface area is 138 Å². The van der Waals surface area contributed by atoms with Gasteiger partial charge in [-0.25, -0.2) is 0 Å². The fourth-order valence-electron chi connectivity index (χ4n) is 1.77. The van der Waals surface area contributed by atoms with E-state index in [2.05, 4.69) is 10.1 Å². The van der Waals surface area contributed by atoms with Crippen LogP contribution in [0.5, 0.6) is 5.75 Å². The molecular formula is C15H12ClF2NO3S. The van der Waals surface area contributed by atoms with Crippen LogP contribution in [-0.2, 0) is 10.8 Å². The van der Waals surface area contributed by atoms with E-state index in [1.54, 1.807) is 30.5 Å². The Morgan fingerprint density at radius 3 is 2.39 bits per heavy atom. The molecule has 0 heterocycles. The minimum Gasteiger partial charge on any atom is -0.433 e. The van der Waals surface area contributed by atoms with Gasteiger partial charge in [-0.3, -0.25) is 9.00 Å². The molecule has 0 saturated heterocycles. The first-order valence-corrected chi connectivity index (χ1v) is 8.29. The lowest BCUT2D eigenvalue weighted by Crippen LogP contribution is -2.12. The Bertz CT molecular complexity index is 738. The monoisotopic (exact) mass is 359 g/mol. The first-order chi connectivity index (χ1) is 10.9. The van der Waals surface area contributed by atoms with Crippen LogP contribution in [0.1, 0.15) is 10.4 Å². The topological polar surface area (TPSA) is 55.4 Å². The van der Waals surface area contributed by atoms with Crippen molar-refractivity contribution in [1.82, 2.24) is 0 Å². The number of nitrogens with one attached hydrogen (secondary N) is 1. The summed E-state index contributed by atoms with van der Waals surface area (Å²) in [4.78, 5) is 12.7. The Morgan fingerprint density at radius 1 is 1.22 bits per heavy atom. The first-order valence-electron chi connectivity index (χ1n) is 6.36. The van der Waals surface area contributed by atoms with E-state index in [1.165, 1.54) is 18.2 Å². The zero-order valence-electron chi connectivity index (χ0n) is 11.9. The van der Waals surface area contributed by atoms with E-state index in [9.17, 15) is 17.8 Å². The molecule has 2 aromatic carbocycles. The lowest BCUT2D eigenvalue weighted by Gasteiger charge is -2.10. The molecule has 122 valence electrons. The van der Waals surface area contributed by atoms with Gasteiger partial charge in [0.1, 0.15) is 5.75 Å². The summed E-state index contributed by atoms with van der Waals surface area (Å²) >= 11 is 5.82. The van der Waals surface area contributed by atoms with Crippen molar-refractivity contribution in [2.24, 2.45) is 0 Å². The summed E-state index contributed by atoms with van der Waals surface area (Å²) in [7, 11) is -1.12. The van der Waals surface area contributed by atoms with Crippen LogP contribution in [0.3, 0.4) is 0 Å². The minimum absolute atomic E-state index is 0.0418. The van der Waals surface area contributed by atoms with Crippen molar-refractivity contribution in [1.29, 1.82) is 0 Å². The predicted molar refractivity (Wildman–Crippen MR) is 84.8 cm³/mol. The summed E-state index contributed by atoms with van der Waals surface area (Å²) in [6.07, 6.45) is 1.54. The molecule has 1 amide bonds. The molecule has 0 aliphatic carbocycles. The van der Waals surface area contributed by atoms with Gasteiger partial charge in [-0.2, -0.15) is 8.78 Å². The van der Waals surface area contributed by atoms with Crippen molar-refractivity contribution >= 4 is 34.0 Å². The fraction of sp³-hybridized carbons (Fsp3) is 0.133. The first kappa shape index (κ1) is 17.4. The normalized spacial score (nSPS) is 12.0. The van der Waals surface area contributed by atoms with Crippen LogP contribution in [-0.4, -0.2) is 23.0 Å². The van der Waals surface area contributed by atoms with Crippen molar-refractivity contribution in [2.45, 2.75) is 11.5 Å². The van der Waals surface area contributed by atoms with Crippen molar-refractivity contribution in [3.05, 3.63) is 53.1 Å². The number of alkyl halides is 2. The van der Waals surface area contributed by atoms with Gasteiger partial charge in [0.15, 0.2) is 0 Å². The predicted octanol–water partition coefficient (Wildman–Crippen LogP) is 3.93. The smallest absolute Gasteiger partial charge is 0.387 e. The average Bonchev–Trinajstić information content (AvgIpc) is 2.49. The maximum Gasteiger partial charge on any atom is 0.387 e. The molecule has 2 rings (SSSR count). The number of amides is 1. The molecule has 0 fully saturated rings. The SMILES string of the molecule is CS(=O)c1ccc(C(=O)Nc2ccc(OC(F)F)c(Cl)c2)cc1. The summed E-state index contributed by atoms with van der Waals surface area (Å²) in [6.45, 7) is -2.98. The van der Waals surface area contributed by atoms with Gasteiger partial charge in [0, 0.05) is 33.2 Å². The highest BCUT2D eigenvalue weighted by Crippen LogP contribution is 2.29.